The number of carbonyl (C=O) groups is 1. The van der Waals surface area contributed by atoms with Gasteiger partial charge >= 0.3 is 0 Å². The summed E-state index contributed by atoms with van der Waals surface area (Å²) in [6, 6.07) is 9.91. The van der Waals surface area contributed by atoms with E-state index < -0.39 is 0 Å². The summed E-state index contributed by atoms with van der Waals surface area (Å²) >= 11 is 0. The summed E-state index contributed by atoms with van der Waals surface area (Å²) in [7, 11) is 0. The van der Waals surface area contributed by atoms with E-state index in [1.807, 2.05) is 55.1 Å². The molecule has 1 N–H and O–H groups in total. The Morgan fingerprint density at radius 3 is 2.75 bits per heavy atom. The van der Waals surface area contributed by atoms with Gasteiger partial charge in [0.05, 0.1) is 11.7 Å². The Kier molecular flexibility index (Phi) is 4.56. The summed E-state index contributed by atoms with van der Waals surface area (Å²) in [6.45, 7) is 6.03. The molecule has 1 aromatic carbocycles. The molecule has 1 aromatic heterocycles. The van der Waals surface area contributed by atoms with E-state index in [0.717, 1.165) is 23.4 Å². The molecule has 4 heteroatoms. The SMILES string of the molecule is CCc1ccccc1NC(=O)CC(C)n1ccc(C)n1. The van der Waals surface area contributed by atoms with Crippen LogP contribution in [0.15, 0.2) is 36.5 Å². The van der Waals surface area contributed by atoms with Crippen LogP contribution < -0.4 is 5.32 Å². The van der Waals surface area contributed by atoms with E-state index in [9.17, 15) is 4.79 Å². The molecule has 1 amide bonds. The van der Waals surface area contributed by atoms with Gasteiger partial charge in [-0.1, -0.05) is 25.1 Å². The average molecular weight is 271 g/mol. The molecule has 0 radical (unpaired) electrons. The fraction of sp³-hybridized carbons (Fsp3) is 0.375. The summed E-state index contributed by atoms with van der Waals surface area (Å²) in [6.07, 6.45) is 3.23. The van der Waals surface area contributed by atoms with E-state index in [1.165, 1.54) is 0 Å². The van der Waals surface area contributed by atoms with E-state index in [-0.39, 0.29) is 11.9 Å². The highest BCUT2D eigenvalue weighted by molar-refractivity contribution is 5.91. The third-order valence-electron chi connectivity index (χ3n) is 3.35. The van der Waals surface area contributed by atoms with Crippen molar-refractivity contribution >= 4 is 11.6 Å². The highest BCUT2D eigenvalue weighted by Gasteiger charge is 2.12. The first-order valence-electron chi connectivity index (χ1n) is 6.99. The zero-order valence-corrected chi connectivity index (χ0v) is 12.3. The van der Waals surface area contributed by atoms with Crippen molar-refractivity contribution in [2.45, 2.75) is 39.7 Å². The van der Waals surface area contributed by atoms with Crippen LogP contribution >= 0.6 is 0 Å². The van der Waals surface area contributed by atoms with Gasteiger partial charge in [-0.3, -0.25) is 9.48 Å². The number of nitrogens with one attached hydrogen (secondary N) is 1. The van der Waals surface area contributed by atoms with E-state index >= 15 is 0 Å². The lowest BCUT2D eigenvalue weighted by molar-refractivity contribution is -0.116. The molecule has 20 heavy (non-hydrogen) atoms. The molecule has 0 aliphatic heterocycles. The monoisotopic (exact) mass is 271 g/mol. The van der Waals surface area contributed by atoms with Crippen molar-refractivity contribution in [2.24, 2.45) is 0 Å². The van der Waals surface area contributed by atoms with Crippen molar-refractivity contribution in [1.29, 1.82) is 0 Å². The zero-order valence-electron chi connectivity index (χ0n) is 12.3. The second kappa shape index (κ2) is 6.37. The van der Waals surface area contributed by atoms with Crippen LogP contribution in [0.4, 0.5) is 5.69 Å². The molecule has 0 fully saturated rings. The van der Waals surface area contributed by atoms with Crippen LogP contribution in [-0.2, 0) is 11.2 Å². The molecule has 1 heterocycles. The topological polar surface area (TPSA) is 46.9 Å². The molecule has 4 nitrogen and oxygen atoms in total. The quantitative estimate of drug-likeness (QED) is 0.906. The Bertz CT molecular complexity index is 589. The molecule has 0 saturated carbocycles. The number of hydrogen-bond acceptors (Lipinski definition) is 2. The largest absolute Gasteiger partial charge is 0.326 e. The predicted molar refractivity (Wildman–Crippen MR) is 80.7 cm³/mol. The summed E-state index contributed by atoms with van der Waals surface area (Å²) in [4.78, 5) is 12.1. The van der Waals surface area contributed by atoms with Gasteiger partial charge in [0, 0.05) is 18.3 Å². The number of para-hydroxylation sites is 1. The number of carbonyl (C=O) groups excluding carboxylic acids is 1. The fourth-order valence-corrected chi connectivity index (χ4v) is 2.19. The lowest BCUT2D eigenvalue weighted by Crippen LogP contribution is -2.18. The fourth-order valence-electron chi connectivity index (χ4n) is 2.19. The first-order chi connectivity index (χ1) is 9.60. The van der Waals surface area contributed by atoms with Gasteiger partial charge in [0.15, 0.2) is 0 Å². The molecule has 1 unspecified atom stereocenters. The highest BCUT2D eigenvalue weighted by Crippen LogP contribution is 2.17. The lowest BCUT2D eigenvalue weighted by Gasteiger charge is -2.14. The van der Waals surface area contributed by atoms with Crippen LogP contribution in [0.5, 0.6) is 0 Å². The number of aromatic nitrogens is 2. The van der Waals surface area contributed by atoms with Gasteiger partial charge < -0.3 is 5.32 Å². The molecule has 2 rings (SSSR count). The van der Waals surface area contributed by atoms with Crippen LogP contribution in [0.3, 0.4) is 0 Å². The molecule has 106 valence electrons. The normalized spacial score (nSPS) is 12.2. The number of benzene rings is 1. The van der Waals surface area contributed by atoms with E-state index in [0.29, 0.717) is 6.42 Å². The molecule has 0 spiro atoms. The van der Waals surface area contributed by atoms with Crippen molar-refractivity contribution in [3.05, 3.63) is 47.8 Å². The van der Waals surface area contributed by atoms with Gasteiger partial charge in [-0.25, -0.2) is 0 Å². The number of nitrogens with zero attached hydrogens (tertiary/aromatic N) is 2. The molecule has 0 saturated heterocycles. The maximum absolute atomic E-state index is 12.1. The minimum Gasteiger partial charge on any atom is -0.326 e. The third kappa shape index (κ3) is 3.47. The summed E-state index contributed by atoms with van der Waals surface area (Å²) in [5, 5.41) is 7.33. The number of rotatable bonds is 5. The number of anilines is 1. The van der Waals surface area contributed by atoms with Crippen LogP contribution in [-0.4, -0.2) is 15.7 Å². The average Bonchev–Trinajstić information content (AvgIpc) is 2.86. The molecular weight excluding hydrogens is 250 g/mol. The van der Waals surface area contributed by atoms with Gasteiger partial charge in [-0.05, 0) is 38.0 Å². The van der Waals surface area contributed by atoms with E-state index in [2.05, 4.69) is 17.3 Å². The van der Waals surface area contributed by atoms with Crippen molar-refractivity contribution in [1.82, 2.24) is 9.78 Å². The minimum atomic E-state index is 0.0200. The van der Waals surface area contributed by atoms with Crippen molar-refractivity contribution in [3.63, 3.8) is 0 Å². The van der Waals surface area contributed by atoms with Crippen LogP contribution in [0.25, 0.3) is 0 Å². The Balaban J connectivity index is 1.98. The Hall–Kier alpha value is -2.10. The first kappa shape index (κ1) is 14.3. The van der Waals surface area contributed by atoms with Gasteiger partial charge in [-0.2, -0.15) is 5.10 Å². The summed E-state index contributed by atoms with van der Waals surface area (Å²) in [5.41, 5.74) is 3.03. The maximum Gasteiger partial charge on any atom is 0.226 e. The number of hydrogen-bond donors (Lipinski definition) is 1. The standard InChI is InChI=1S/C16H21N3O/c1-4-14-7-5-6-8-15(14)17-16(20)11-13(3)19-10-9-12(2)18-19/h5-10,13H,4,11H2,1-3H3,(H,17,20). The third-order valence-corrected chi connectivity index (χ3v) is 3.35. The van der Waals surface area contributed by atoms with Gasteiger partial charge in [0.25, 0.3) is 0 Å². The van der Waals surface area contributed by atoms with Gasteiger partial charge in [-0.15, -0.1) is 0 Å². The van der Waals surface area contributed by atoms with E-state index in [4.69, 9.17) is 0 Å². The zero-order chi connectivity index (χ0) is 14.5. The second-order valence-electron chi connectivity index (χ2n) is 5.05. The van der Waals surface area contributed by atoms with Gasteiger partial charge in [0.2, 0.25) is 5.91 Å². The maximum atomic E-state index is 12.1. The molecule has 0 aliphatic carbocycles. The van der Waals surface area contributed by atoms with Crippen LogP contribution in [0, 0.1) is 6.92 Å². The van der Waals surface area contributed by atoms with Crippen molar-refractivity contribution in [3.8, 4) is 0 Å². The Morgan fingerprint density at radius 1 is 1.35 bits per heavy atom. The van der Waals surface area contributed by atoms with Crippen molar-refractivity contribution in [2.75, 3.05) is 5.32 Å². The highest BCUT2D eigenvalue weighted by atomic mass is 16.1. The van der Waals surface area contributed by atoms with E-state index in [1.54, 1.807) is 0 Å². The second-order valence-corrected chi connectivity index (χ2v) is 5.05. The molecular formula is C16H21N3O. The minimum absolute atomic E-state index is 0.0200. The Labute approximate surface area is 119 Å². The summed E-state index contributed by atoms with van der Waals surface area (Å²) in [5.74, 6) is 0.0200. The lowest BCUT2D eigenvalue weighted by atomic mass is 10.1. The Morgan fingerprint density at radius 2 is 2.10 bits per heavy atom. The number of aryl methyl sites for hydroxylation is 2. The molecule has 1 atom stereocenters. The molecule has 0 bridgehead atoms. The van der Waals surface area contributed by atoms with Crippen LogP contribution in [0.1, 0.15) is 37.6 Å². The predicted octanol–water partition coefficient (Wildman–Crippen LogP) is 3.34. The number of amides is 1. The molecule has 0 aliphatic rings. The smallest absolute Gasteiger partial charge is 0.226 e. The van der Waals surface area contributed by atoms with Crippen LogP contribution in [0.2, 0.25) is 0 Å². The van der Waals surface area contributed by atoms with Crippen molar-refractivity contribution < 1.29 is 4.79 Å². The van der Waals surface area contributed by atoms with Gasteiger partial charge in [0.1, 0.15) is 0 Å². The summed E-state index contributed by atoms with van der Waals surface area (Å²) < 4.78 is 1.83. The molecule has 2 aromatic rings. The first-order valence-corrected chi connectivity index (χ1v) is 6.99.